The lowest BCUT2D eigenvalue weighted by molar-refractivity contribution is 0.553. The summed E-state index contributed by atoms with van der Waals surface area (Å²) in [4.78, 5) is 13.6. The minimum Gasteiger partial charge on any atom is -0.366 e. The van der Waals surface area contributed by atoms with Crippen LogP contribution < -0.4 is 10.5 Å². The molecule has 0 aromatic carbocycles. The quantitative estimate of drug-likeness (QED) is 0.786. The maximum absolute atomic E-state index is 11.3. The Labute approximate surface area is 92.2 Å². The van der Waals surface area contributed by atoms with Gasteiger partial charge in [0.05, 0.1) is 11.9 Å². The second-order valence-electron chi connectivity index (χ2n) is 4.38. The predicted molar refractivity (Wildman–Crippen MR) is 58.3 cm³/mol. The number of fused-ring (bicyclic) bond motifs is 2. The lowest BCUT2D eigenvalue weighted by Crippen LogP contribution is -2.33. The first-order valence-corrected chi connectivity index (χ1v) is 5.63. The van der Waals surface area contributed by atoms with E-state index in [0.29, 0.717) is 6.04 Å². The average molecular weight is 226 g/mol. The minimum absolute atomic E-state index is 0.276. The van der Waals surface area contributed by atoms with Gasteiger partial charge >= 0.3 is 0 Å². The van der Waals surface area contributed by atoms with Gasteiger partial charge in [-0.05, 0) is 25.2 Å². The molecule has 1 saturated carbocycles. The number of aromatic nitrogens is 2. The van der Waals surface area contributed by atoms with Crippen LogP contribution in [0.15, 0.2) is 11.0 Å². The number of hydrogen-bond donors (Lipinski definition) is 1. The second-order valence-corrected chi connectivity index (χ2v) is 4.76. The third kappa shape index (κ3) is 1.35. The molecule has 2 atom stereocenters. The summed E-state index contributed by atoms with van der Waals surface area (Å²) in [5.41, 5.74) is 0.504. The molecule has 2 heterocycles. The van der Waals surface area contributed by atoms with Crippen molar-refractivity contribution in [1.29, 1.82) is 0 Å². The molecule has 1 aromatic rings. The van der Waals surface area contributed by atoms with E-state index in [0.717, 1.165) is 18.2 Å². The first kappa shape index (κ1) is 9.21. The number of hydrogen-bond acceptors (Lipinski definition) is 3. The van der Waals surface area contributed by atoms with Crippen LogP contribution >= 0.6 is 11.6 Å². The molecule has 1 aliphatic heterocycles. The van der Waals surface area contributed by atoms with Gasteiger partial charge in [-0.15, -0.1) is 0 Å². The second kappa shape index (κ2) is 3.23. The van der Waals surface area contributed by atoms with Gasteiger partial charge in [-0.3, -0.25) is 4.79 Å². The molecular formula is C10H12ClN3O. The van der Waals surface area contributed by atoms with Crippen LogP contribution in [0.25, 0.3) is 0 Å². The highest BCUT2D eigenvalue weighted by Crippen LogP contribution is 2.41. The number of aromatic amines is 1. The average Bonchev–Trinajstić information content (AvgIpc) is 2.83. The predicted octanol–water partition coefficient (Wildman–Crippen LogP) is 1.41. The first-order chi connectivity index (χ1) is 7.25. The number of nitrogens with one attached hydrogen (secondary N) is 1. The fraction of sp³-hybridized carbons (Fsp3) is 0.600. The summed E-state index contributed by atoms with van der Waals surface area (Å²) in [6.45, 7) is 1.02. The molecule has 0 amide bonds. The number of H-pyrrole nitrogens is 1. The number of anilines is 1. The van der Waals surface area contributed by atoms with E-state index in [9.17, 15) is 4.79 Å². The summed E-state index contributed by atoms with van der Waals surface area (Å²) in [6.07, 6.45) is 5.43. The highest BCUT2D eigenvalue weighted by Gasteiger charge is 2.38. The molecule has 2 bridgehead atoms. The van der Waals surface area contributed by atoms with Gasteiger partial charge in [-0.2, -0.15) is 5.10 Å². The molecule has 4 nitrogen and oxygen atoms in total. The molecule has 0 radical (unpaired) electrons. The summed E-state index contributed by atoms with van der Waals surface area (Å²) in [7, 11) is 0. The summed E-state index contributed by atoms with van der Waals surface area (Å²) < 4.78 is 0. The Hall–Kier alpha value is -1.03. The van der Waals surface area contributed by atoms with Crippen molar-refractivity contribution < 1.29 is 0 Å². The fourth-order valence-electron chi connectivity index (χ4n) is 2.79. The Balaban J connectivity index is 2.00. The molecule has 0 spiro atoms. The van der Waals surface area contributed by atoms with Gasteiger partial charge in [0.25, 0.3) is 5.56 Å². The standard InChI is InChI=1S/C10H12ClN3O/c11-9-8(4-12-13-10(9)15)14-5-6-1-2-7(14)3-6/h4,6-7H,1-3,5H2,(H,13,15). The van der Waals surface area contributed by atoms with Crippen LogP contribution in [-0.2, 0) is 0 Å². The zero-order chi connectivity index (χ0) is 10.4. The fourth-order valence-corrected chi connectivity index (χ4v) is 2.99. The molecule has 5 heteroatoms. The molecule has 1 saturated heterocycles. The smallest absolute Gasteiger partial charge is 0.285 e. The van der Waals surface area contributed by atoms with E-state index in [4.69, 9.17) is 11.6 Å². The molecule has 2 aliphatic rings. The third-order valence-corrected chi connectivity index (χ3v) is 3.86. The summed E-state index contributed by atoms with van der Waals surface area (Å²) in [5, 5.41) is 6.43. The van der Waals surface area contributed by atoms with Crippen LogP contribution in [0.3, 0.4) is 0 Å². The lowest BCUT2D eigenvalue weighted by atomic mass is 10.1. The van der Waals surface area contributed by atoms with Crippen molar-refractivity contribution in [2.75, 3.05) is 11.4 Å². The molecule has 1 N–H and O–H groups in total. The van der Waals surface area contributed by atoms with Gasteiger partial charge in [-0.25, -0.2) is 5.10 Å². The van der Waals surface area contributed by atoms with Crippen molar-refractivity contribution in [2.24, 2.45) is 5.92 Å². The lowest BCUT2D eigenvalue weighted by Gasteiger charge is -2.28. The van der Waals surface area contributed by atoms with E-state index in [1.165, 1.54) is 19.3 Å². The zero-order valence-electron chi connectivity index (χ0n) is 8.24. The molecule has 1 aromatic heterocycles. The summed E-state index contributed by atoms with van der Waals surface area (Å²) in [6, 6.07) is 0.566. The highest BCUT2D eigenvalue weighted by molar-refractivity contribution is 6.33. The number of nitrogens with zero attached hydrogens (tertiary/aromatic N) is 2. The Morgan fingerprint density at radius 2 is 2.40 bits per heavy atom. The number of rotatable bonds is 1. The molecule has 80 valence electrons. The number of halogens is 1. The monoisotopic (exact) mass is 225 g/mol. The Morgan fingerprint density at radius 3 is 3.07 bits per heavy atom. The minimum atomic E-state index is -0.294. The van der Waals surface area contributed by atoms with E-state index in [1.54, 1.807) is 6.20 Å². The van der Waals surface area contributed by atoms with E-state index in [2.05, 4.69) is 15.1 Å². The van der Waals surface area contributed by atoms with Crippen molar-refractivity contribution in [3.8, 4) is 0 Å². The van der Waals surface area contributed by atoms with Crippen molar-refractivity contribution >= 4 is 17.3 Å². The summed E-state index contributed by atoms with van der Waals surface area (Å²) >= 11 is 5.98. The van der Waals surface area contributed by atoms with Crippen LogP contribution in [-0.4, -0.2) is 22.8 Å². The zero-order valence-corrected chi connectivity index (χ0v) is 9.00. The molecule has 2 unspecified atom stereocenters. The molecular weight excluding hydrogens is 214 g/mol. The number of piperidine rings is 1. The molecule has 15 heavy (non-hydrogen) atoms. The normalized spacial score (nSPS) is 28.7. The van der Waals surface area contributed by atoms with Crippen molar-refractivity contribution in [1.82, 2.24) is 10.2 Å². The van der Waals surface area contributed by atoms with Gasteiger partial charge in [-0.1, -0.05) is 11.6 Å². The maximum atomic E-state index is 11.3. The van der Waals surface area contributed by atoms with E-state index >= 15 is 0 Å². The Morgan fingerprint density at radius 1 is 1.53 bits per heavy atom. The maximum Gasteiger partial charge on any atom is 0.285 e. The van der Waals surface area contributed by atoms with Crippen molar-refractivity contribution in [3.63, 3.8) is 0 Å². The van der Waals surface area contributed by atoms with Crippen LogP contribution in [0.5, 0.6) is 0 Å². The van der Waals surface area contributed by atoms with Crippen molar-refractivity contribution in [2.45, 2.75) is 25.3 Å². The van der Waals surface area contributed by atoms with Gasteiger partial charge < -0.3 is 4.90 Å². The van der Waals surface area contributed by atoms with Crippen molar-refractivity contribution in [3.05, 3.63) is 21.6 Å². The molecule has 3 rings (SSSR count). The largest absolute Gasteiger partial charge is 0.366 e. The van der Waals surface area contributed by atoms with Gasteiger partial charge in [0.2, 0.25) is 0 Å². The topological polar surface area (TPSA) is 49.0 Å². The Kier molecular flexibility index (Phi) is 1.99. The van der Waals surface area contributed by atoms with E-state index in [1.807, 2.05) is 0 Å². The van der Waals surface area contributed by atoms with Crippen LogP contribution in [0.2, 0.25) is 5.02 Å². The van der Waals surface area contributed by atoms with Gasteiger partial charge in [0.15, 0.2) is 0 Å². The van der Waals surface area contributed by atoms with Crippen LogP contribution in [0, 0.1) is 5.92 Å². The van der Waals surface area contributed by atoms with Crippen LogP contribution in [0.1, 0.15) is 19.3 Å². The summed E-state index contributed by atoms with van der Waals surface area (Å²) in [5.74, 6) is 0.783. The van der Waals surface area contributed by atoms with Gasteiger partial charge in [0.1, 0.15) is 5.02 Å². The first-order valence-electron chi connectivity index (χ1n) is 5.25. The highest BCUT2D eigenvalue weighted by atomic mass is 35.5. The molecule has 2 fully saturated rings. The third-order valence-electron chi connectivity index (χ3n) is 3.50. The van der Waals surface area contributed by atoms with E-state index < -0.39 is 0 Å². The Bertz CT molecular complexity index is 445. The molecule has 1 aliphatic carbocycles. The van der Waals surface area contributed by atoms with E-state index in [-0.39, 0.29) is 10.6 Å². The van der Waals surface area contributed by atoms with Crippen LogP contribution in [0.4, 0.5) is 5.69 Å². The van der Waals surface area contributed by atoms with Gasteiger partial charge in [0, 0.05) is 12.6 Å². The SMILES string of the molecule is O=c1[nH]ncc(N2CC3CCC2C3)c1Cl.